The van der Waals surface area contributed by atoms with Gasteiger partial charge in [-0.25, -0.2) is 13.4 Å². The first-order valence-electron chi connectivity index (χ1n) is 5.86. The van der Waals surface area contributed by atoms with E-state index in [1.54, 1.807) is 32.0 Å². The van der Waals surface area contributed by atoms with E-state index in [1.165, 1.54) is 6.20 Å². The summed E-state index contributed by atoms with van der Waals surface area (Å²) in [5.74, 6) is 0.533. The van der Waals surface area contributed by atoms with Gasteiger partial charge in [-0.05, 0) is 25.1 Å². The van der Waals surface area contributed by atoms with Crippen LogP contribution in [0.5, 0.6) is 0 Å². The van der Waals surface area contributed by atoms with Crippen LogP contribution < -0.4 is 4.72 Å². The van der Waals surface area contributed by atoms with E-state index >= 15 is 0 Å². The van der Waals surface area contributed by atoms with Crippen LogP contribution in [0.2, 0.25) is 0 Å². The number of fused-ring (bicyclic) bond motifs is 1. The van der Waals surface area contributed by atoms with Crippen molar-refractivity contribution in [2.45, 2.75) is 18.7 Å². The minimum Gasteiger partial charge on any atom is -0.441 e. The van der Waals surface area contributed by atoms with Crippen molar-refractivity contribution in [2.75, 3.05) is 4.72 Å². The van der Waals surface area contributed by atoms with Crippen LogP contribution in [0.25, 0.3) is 11.1 Å². The van der Waals surface area contributed by atoms with Crippen molar-refractivity contribution >= 4 is 26.8 Å². The fourth-order valence-electron chi connectivity index (χ4n) is 1.93. The Bertz CT molecular complexity index is 879. The minimum absolute atomic E-state index is 0.119. The van der Waals surface area contributed by atoms with E-state index in [1.807, 2.05) is 0 Å². The maximum absolute atomic E-state index is 12.2. The first kappa shape index (κ1) is 12.7. The maximum Gasteiger partial charge on any atom is 0.265 e. The lowest BCUT2D eigenvalue weighted by Crippen LogP contribution is -2.13. The first-order chi connectivity index (χ1) is 9.45. The number of hydrogen-bond donors (Lipinski definition) is 2. The van der Waals surface area contributed by atoms with Crippen molar-refractivity contribution in [3.8, 4) is 0 Å². The van der Waals surface area contributed by atoms with Crippen LogP contribution in [0, 0.1) is 13.8 Å². The predicted octanol–water partition coefficient (Wildman–Crippen LogP) is 1.97. The fourth-order valence-corrected chi connectivity index (χ4v) is 3.11. The maximum atomic E-state index is 12.2. The first-order valence-corrected chi connectivity index (χ1v) is 7.34. The summed E-state index contributed by atoms with van der Waals surface area (Å²) < 4.78 is 32.3. The molecular formula is C12H12N4O3S. The van der Waals surface area contributed by atoms with Gasteiger partial charge in [0.05, 0.1) is 17.6 Å². The standard InChI is InChI=1S/C12H12N4O3S/c1-7-12(6-13-15-7)20(17,18)16-9-3-4-11-10(5-9)14-8(2)19-11/h3-6,16H,1-2H3,(H,13,15). The molecule has 104 valence electrons. The summed E-state index contributed by atoms with van der Waals surface area (Å²) in [7, 11) is -3.66. The lowest BCUT2D eigenvalue weighted by molar-refractivity contribution is 0.561. The number of aromatic amines is 1. The van der Waals surface area contributed by atoms with Gasteiger partial charge in [-0.3, -0.25) is 9.82 Å². The topological polar surface area (TPSA) is 101 Å². The van der Waals surface area contributed by atoms with E-state index in [9.17, 15) is 8.42 Å². The van der Waals surface area contributed by atoms with Gasteiger partial charge in [-0.15, -0.1) is 0 Å². The third-order valence-electron chi connectivity index (χ3n) is 2.82. The van der Waals surface area contributed by atoms with Gasteiger partial charge in [0.2, 0.25) is 0 Å². The van der Waals surface area contributed by atoms with Crippen molar-refractivity contribution < 1.29 is 12.8 Å². The average molecular weight is 292 g/mol. The number of anilines is 1. The molecule has 0 unspecified atom stereocenters. The fraction of sp³-hybridized carbons (Fsp3) is 0.167. The van der Waals surface area contributed by atoms with Gasteiger partial charge in [0.1, 0.15) is 10.4 Å². The highest BCUT2D eigenvalue weighted by atomic mass is 32.2. The summed E-state index contributed by atoms with van der Waals surface area (Å²) in [6, 6.07) is 4.92. The third kappa shape index (κ3) is 2.14. The largest absolute Gasteiger partial charge is 0.441 e. The molecule has 7 nitrogen and oxygen atoms in total. The number of H-pyrrole nitrogens is 1. The molecule has 0 saturated heterocycles. The highest BCUT2D eigenvalue weighted by Crippen LogP contribution is 2.22. The van der Waals surface area contributed by atoms with E-state index in [0.717, 1.165) is 0 Å². The summed E-state index contributed by atoms with van der Waals surface area (Å²) >= 11 is 0. The lowest BCUT2D eigenvalue weighted by Gasteiger charge is -2.06. The molecule has 20 heavy (non-hydrogen) atoms. The number of aryl methyl sites for hydroxylation is 2. The van der Waals surface area contributed by atoms with Crippen LogP contribution in [0.1, 0.15) is 11.6 Å². The van der Waals surface area contributed by atoms with Crippen LogP contribution in [0.4, 0.5) is 5.69 Å². The monoisotopic (exact) mass is 292 g/mol. The van der Waals surface area contributed by atoms with E-state index in [4.69, 9.17) is 4.42 Å². The molecule has 0 fully saturated rings. The van der Waals surface area contributed by atoms with Gasteiger partial charge in [0.15, 0.2) is 11.5 Å². The predicted molar refractivity (Wildman–Crippen MR) is 72.9 cm³/mol. The number of nitrogens with one attached hydrogen (secondary N) is 2. The smallest absolute Gasteiger partial charge is 0.265 e. The number of hydrogen-bond acceptors (Lipinski definition) is 5. The Hall–Kier alpha value is -2.35. The molecule has 2 aromatic heterocycles. The number of nitrogens with zero attached hydrogens (tertiary/aromatic N) is 2. The van der Waals surface area contributed by atoms with Gasteiger partial charge in [-0.2, -0.15) is 5.10 Å². The SMILES string of the molecule is Cc1nc2cc(NS(=O)(=O)c3cn[nH]c3C)ccc2o1. The van der Waals surface area contributed by atoms with E-state index in [2.05, 4.69) is 19.9 Å². The van der Waals surface area contributed by atoms with Crippen LogP contribution in [-0.4, -0.2) is 23.6 Å². The van der Waals surface area contributed by atoms with Crippen LogP contribution >= 0.6 is 0 Å². The normalized spacial score (nSPS) is 11.9. The third-order valence-corrected chi connectivity index (χ3v) is 4.31. The molecular weight excluding hydrogens is 280 g/mol. The van der Waals surface area contributed by atoms with Crippen molar-refractivity contribution in [1.82, 2.24) is 15.2 Å². The zero-order chi connectivity index (χ0) is 14.3. The number of benzene rings is 1. The Morgan fingerprint density at radius 2 is 2.10 bits per heavy atom. The summed E-state index contributed by atoms with van der Waals surface area (Å²) in [6.07, 6.45) is 1.27. The molecule has 2 N–H and O–H groups in total. The molecule has 0 saturated carbocycles. The quantitative estimate of drug-likeness (QED) is 0.768. The Kier molecular flexibility index (Phi) is 2.75. The lowest BCUT2D eigenvalue weighted by atomic mass is 10.3. The summed E-state index contributed by atoms with van der Waals surface area (Å²) in [6.45, 7) is 3.38. The molecule has 0 aliphatic rings. The van der Waals surface area contributed by atoms with Crippen LogP contribution in [0.15, 0.2) is 33.7 Å². The molecule has 1 aromatic carbocycles. The molecule has 0 aliphatic carbocycles. The molecule has 0 aliphatic heterocycles. The summed E-state index contributed by atoms with van der Waals surface area (Å²) in [4.78, 5) is 4.28. The van der Waals surface area contributed by atoms with Gasteiger partial charge in [0, 0.05) is 6.92 Å². The number of oxazole rings is 1. The van der Waals surface area contributed by atoms with Gasteiger partial charge in [-0.1, -0.05) is 0 Å². The zero-order valence-corrected chi connectivity index (χ0v) is 11.7. The summed E-state index contributed by atoms with van der Waals surface area (Å²) in [5.41, 5.74) is 2.12. The number of sulfonamides is 1. The van der Waals surface area contributed by atoms with Crippen molar-refractivity contribution in [3.05, 3.63) is 36.0 Å². The zero-order valence-electron chi connectivity index (χ0n) is 10.8. The molecule has 3 rings (SSSR count). The minimum atomic E-state index is -3.66. The Balaban J connectivity index is 1.98. The van der Waals surface area contributed by atoms with Crippen LogP contribution in [-0.2, 0) is 10.0 Å². The molecule has 0 spiro atoms. The average Bonchev–Trinajstić information content (AvgIpc) is 2.93. The molecule has 0 amide bonds. The van der Waals surface area contributed by atoms with Crippen molar-refractivity contribution in [1.29, 1.82) is 0 Å². The van der Waals surface area contributed by atoms with E-state index in [-0.39, 0.29) is 4.90 Å². The molecule has 0 radical (unpaired) electrons. The molecule has 3 aromatic rings. The Morgan fingerprint density at radius 3 is 2.80 bits per heavy atom. The highest BCUT2D eigenvalue weighted by Gasteiger charge is 2.19. The van der Waals surface area contributed by atoms with Gasteiger partial charge < -0.3 is 4.42 Å². The molecule has 8 heteroatoms. The molecule has 2 heterocycles. The second-order valence-corrected chi connectivity index (χ2v) is 6.03. The highest BCUT2D eigenvalue weighted by molar-refractivity contribution is 7.92. The number of aromatic nitrogens is 3. The number of rotatable bonds is 3. The van der Waals surface area contributed by atoms with Gasteiger partial charge in [0.25, 0.3) is 10.0 Å². The van der Waals surface area contributed by atoms with E-state index < -0.39 is 10.0 Å². The van der Waals surface area contributed by atoms with Crippen LogP contribution in [0.3, 0.4) is 0 Å². The van der Waals surface area contributed by atoms with Crippen molar-refractivity contribution in [2.24, 2.45) is 0 Å². The second kappa shape index (κ2) is 4.34. The van der Waals surface area contributed by atoms with Crippen molar-refractivity contribution in [3.63, 3.8) is 0 Å². The molecule has 0 atom stereocenters. The Morgan fingerprint density at radius 1 is 1.30 bits per heavy atom. The second-order valence-electron chi connectivity index (χ2n) is 4.38. The Labute approximate surface area is 115 Å². The van der Waals surface area contributed by atoms with E-state index in [0.29, 0.717) is 28.4 Å². The van der Waals surface area contributed by atoms with Gasteiger partial charge >= 0.3 is 0 Å². The summed E-state index contributed by atoms with van der Waals surface area (Å²) in [5, 5.41) is 6.31. The molecule has 0 bridgehead atoms.